The van der Waals surface area contributed by atoms with Crippen molar-refractivity contribution in [2.45, 2.75) is 34.6 Å². The summed E-state index contributed by atoms with van der Waals surface area (Å²) in [4.78, 5) is 26.7. The third kappa shape index (κ3) is 6.10. The van der Waals surface area contributed by atoms with E-state index in [-0.39, 0.29) is 18.4 Å². The number of aryl methyl sites for hydroxylation is 1. The first kappa shape index (κ1) is 22.4. The Balaban J connectivity index is 0.00000134. The fraction of sp³-hybridized carbons (Fsp3) is 0.400. The molecule has 0 aliphatic carbocycles. The third-order valence-electron chi connectivity index (χ3n) is 3.33. The van der Waals surface area contributed by atoms with Crippen LogP contribution in [0.25, 0.3) is 6.08 Å². The fourth-order valence-electron chi connectivity index (χ4n) is 2.17. The van der Waals surface area contributed by atoms with Gasteiger partial charge in [-0.2, -0.15) is 0 Å². The lowest BCUT2D eigenvalue weighted by molar-refractivity contribution is -0.133. The molecule has 0 spiro atoms. The van der Waals surface area contributed by atoms with Gasteiger partial charge in [0.25, 0.3) is 0 Å². The number of nitrogens with zero attached hydrogens (tertiary/aromatic N) is 2. The molecule has 1 aromatic rings. The lowest BCUT2D eigenvalue weighted by Crippen LogP contribution is -2.52. The number of carbonyl (C=O) groups excluding carboxylic acids is 2. The highest BCUT2D eigenvalue weighted by Crippen LogP contribution is 2.25. The molecular weight excluding hydrogens is 316 g/mol. The Bertz CT molecular complexity index is 614. The van der Waals surface area contributed by atoms with Gasteiger partial charge in [-0.15, -0.1) is 0 Å². The van der Waals surface area contributed by atoms with Crippen LogP contribution in [0.15, 0.2) is 41.9 Å². The summed E-state index contributed by atoms with van der Waals surface area (Å²) in [5.41, 5.74) is 0.905. The molecule has 138 valence electrons. The highest BCUT2D eigenvalue weighted by atomic mass is 16.4. The van der Waals surface area contributed by atoms with Crippen molar-refractivity contribution in [1.29, 1.82) is 0 Å². The van der Waals surface area contributed by atoms with Gasteiger partial charge in [-0.3, -0.25) is 14.5 Å². The maximum atomic E-state index is 12.2. The van der Waals surface area contributed by atoms with Crippen molar-refractivity contribution in [2.75, 3.05) is 24.5 Å². The first-order chi connectivity index (χ1) is 12.1. The molecule has 0 saturated carbocycles. The van der Waals surface area contributed by atoms with E-state index < -0.39 is 0 Å². The Kier molecular flexibility index (Phi) is 10.7. The van der Waals surface area contributed by atoms with Gasteiger partial charge in [-0.1, -0.05) is 59.1 Å². The fourth-order valence-corrected chi connectivity index (χ4v) is 2.17. The summed E-state index contributed by atoms with van der Waals surface area (Å²) in [5.74, 6) is 0.852. The molecule has 0 bridgehead atoms. The first-order valence-corrected chi connectivity index (χ1v) is 8.68. The Morgan fingerprint density at radius 2 is 1.84 bits per heavy atom. The number of furan rings is 1. The molecule has 0 aromatic carbocycles. The van der Waals surface area contributed by atoms with Crippen LogP contribution >= 0.6 is 0 Å². The predicted molar refractivity (Wildman–Crippen MR) is 105 cm³/mol. The number of allylic oxidation sites excluding steroid dienone is 2. The smallest absolute Gasteiger partial charge is 0.248 e. The summed E-state index contributed by atoms with van der Waals surface area (Å²) in [7, 11) is 0. The standard InChI is InChI=1S/C16H18N2O3.2C2H6/c1-4-6-7-13-10-16(21-12(13)3)18-9-8-17(11-15(18)20)14(19)5-2;2*1-2/h4-7,10H,1-2,8-9,11H2,3H3;2*1-2H3/b7-6-;;. The van der Waals surface area contributed by atoms with Crippen LogP contribution in [0.2, 0.25) is 0 Å². The molecule has 5 heteroatoms. The molecule has 1 aromatic heterocycles. The van der Waals surface area contributed by atoms with Crippen molar-refractivity contribution in [2.24, 2.45) is 0 Å². The van der Waals surface area contributed by atoms with Crippen molar-refractivity contribution in [1.82, 2.24) is 4.90 Å². The van der Waals surface area contributed by atoms with E-state index >= 15 is 0 Å². The molecule has 2 amide bonds. The lowest BCUT2D eigenvalue weighted by atomic mass is 10.2. The lowest BCUT2D eigenvalue weighted by Gasteiger charge is -2.32. The van der Waals surface area contributed by atoms with Crippen LogP contribution in [0.5, 0.6) is 0 Å². The zero-order valence-corrected chi connectivity index (χ0v) is 16.0. The van der Waals surface area contributed by atoms with Gasteiger partial charge in [0, 0.05) is 24.7 Å². The van der Waals surface area contributed by atoms with Crippen LogP contribution in [-0.2, 0) is 9.59 Å². The average Bonchev–Trinajstić information content (AvgIpc) is 3.02. The highest BCUT2D eigenvalue weighted by molar-refractivity contribution is 5.98. The van der Waals surface area contributed by atoms with Crippen molar-refractivity contribution in [3.63, 3.8) is 0 Å². The first-order valence-electron chi connectivity index (χ1n) is 8.68. The second-order valence-electron chi connectivity index (χ2n) is 4.70. The van der Waals surface area contributed by atoms with E-state index in [0.29, 0.717) is 19.0 Å². The summed E-state index contributed by atoms with van der Waals surface area (Å²) < 4.78 is 5.64. The highest BCUT2D eigenvalue weighted by Gasteiger charge is 2.29. The molecule has 0 atom stereocenters. The zero-order valence-electron chi connectivity index (χ0n) is 16.0. The minimum Gasteiger partial charge on any atom is -0.445 e. The Morgan fingerprint density at radius 1 is 1.20 bits per heavy atom. The van der Waals surface area contributed by atoms with Crippen LogP contribution in [-0.4, -0.2) is 36.3 Å². The summed E-state index contributed by atoms with van der Waals surface area (Å²) in [6.07, 6.45) is 6.58. The molecule has 0 unspecified atom stereocenters. The van der Waals surface area contributed by atoms with Gasteiger partial charge in [-0.25, -0.2) is 0 Å². The van der Waals surface area contributed by atoms with Crippen molar-refractivity contribution < 1.29 is 14.0 Å². The Labute approximate surface area is 151 Å². The summed E-state index contributed by atoms with van der Waals surface area (Å²) in [5, 5.41) is 0. The van der Waals surface area contributed by atoms with Crippen molar-refractivity contribution in [3.8, 4) is 0 Å². The van der Waals surface area contributed by atoms with E-state index in [9.17, 15) is 9.59 Å². The summed E-state index contributed by atoms with van der Waals surface area (Å²) in [6.45, 7) is 17.8. The van der Waals surface area contributed by atoms with Gasteiger partial charge < -0.3 is 9.32 Å². The van der Waals surface area contributed by atoms with Gasteiger partial charge in [0.2, 0.25) is 17.7 Å². The summed E-state index contributed by atoms with van der Waals surface area (Å²) >= 11 is 0. The van der Waals surface area contributed by atoms with E-state index in [4.69, 9.17) is 4.42 Å². The van der Waals surface area contributed by atoms with Gasteiger partial charge in [0.15, 0.2) is 0 Å². The predicted octanol–water partition coefficient (Wildman–Crippen LogP) is 4.20. The quantitative estimate of drug-likeness (QED) is 0.606. The number of rotatable bonds is 4. The molecule has 25 heavy (non-hydrogen) atoms. The SMILES string of the molecule is C=C/C=C\c1cc(N2CCN(C(=O)C=C)CC2=O)oc1C.CC.CC. The van der Waals surface area contributed by atoms with Gasteiger partial charge >= 0.3 is 0 Å². The topological polar surface area (TPSA) is 53.8 Å². The van der Waals surface area contributed by atoms with Gasteiger partial charge in [-0.05, 0) is 13.0 Å². The molecule has 0 radical (unpaired) electrons. The number of hydrogen-bond donors (Lipinski definition) is 0. The maximum absolute atomic E-state index is 12.2. The molecule has 0 N–H and O–H groups in total. The van der Waals surface area contributed by atoms with Gasteiger partial charge in [0.1, 0.15) is 12.3 Å². The molecule has 1 saturated heterocycles. The van der Waals surface area contributed by atoms with Crippen molar-refractivity contribution >= 4 is 23.8 Å². The molecule has 2 rings (SSSR count). The van der Waals surface area contributed by atoms with Gasteiger partial charge in [0.05, 0.1) is 0 Å². The number of amides is 2. The molecule has 1 aliphatic rings. The van der Waals surface area contributed by atoms with Crippen LogP contribution < -0.4 is 4.90 Å². The van der Waals surface area contributed by atoms with Crippen LogP contribution in [0.4, 0.5) is 5.88 Å². The minimum absolute atomic E-state index is 0.0441. The molecule has 2 heterocycles. The van der Waals surface area contributed by atoms with E-state index in [2.05, 4.69) is 13.2 Å². The zero-order chi connectivity index (χ0) is 19.4. The normalized spacial score (nSPS) is 13.6. The number of hydrogen-bond acceptors (Lipinski definition) is 3. The third-order valence-corrected chi connectivity index (χ3v) is 3.33. The summed E-state index contributed by atoms with van der Waals surface area (Å²) in [6, 6.07) is 1.82. The van der Waals surface area contributed by atoms with Crippen LogP contribution in [0.1, 0.15) is 39.0 Å². The maximum Gasteiger partial charge on any atom is 0.248 e. The molecule has 1 fully saturated rings. The minimum atomic E-state index is -0.228. The van der Waals surface area contributed by atoms with E-state index in [1.807, 2.05) is 52.8 Å². The Morgan fingerprint density at radius 3 is 2.36 bits per heavy atom. The number of piperazine rings is 1. The monoisotopic (exact) mass is 346 g/mol. The van der Waals surface area contributed by atoms with Crippen LogP contribution in [0, 0.1) is 6.92 Å². The largest absolute Gasteiger partial charge is 0.445 e. The average molecular weight is 346 g/mol. The molecule has 5 nitrogen and oxygen atoms in total. The molecule has 1 aliphatic heterocycles. The Hall–Kier alpha value is -2.56. The number of carbonyl (C=O) groups is 2. The van der Waals surface area contributed by atoms with Crippen molar-refractivity contribution in [3.05, 3.63) is 48.8 Å². The van der Waals surface area contributed by atoms with Crippen LogP contribution in [0.3, 0.4) is 0 Å². The van der Waals surface area contributed by atoms with E-state index in [0.717, 1.165) is 11.3 Å². The number of anilines is 1. The second-order valence-corrected chi connectivity index (χ2v) is 4.70. The second kappa shape index (κ2) is 11.9. The van der Waals surface area contributed by atoms with E-state index in [1.165, 1.54) is 11.0 Å². The van der Waals surface area contributed by atoms with E-state index in [1.54, 1.807) is 11.0 Å². The molecular formula is C20H30N2O3.